The Balaban J connectivity index is 3.16. The molecular weight excluding hydrogens is 261 g/mol. The minimum Gasteiger partial charge on any atom is -0.212 e. The first-order valence-corrected chi connectivity index (χ1v) is 4.12. The minimum absolute atomic E-state index is 0.389. The van der Waals surface area contributed by atoms with Crippen molar-refractivity contribution in [2.24, 2.45) is 10.3 Å². The van der Waals surface area contributed by atoms with E-state index in [0.29, 0.717) is 12.0 Å². The monoisotopic (exact) mass is 268 g/mol. The number of rotatable bonds is 2. The van der Waals surface area contributed by atoms with Crippen LogP contribution in [0.4, 0.5) is 30.7 Å². The van der Waals surface area contributed by atoms with Crippen LogP contribution < -0.4 is 5.43 Å². The van der Waals surface area contributed by atoms with Crippen LogP contribution in [0.15, 0.2) is 10.3 Å². The summed E-state index contributed by atoms with van der Waals surface area (Å²) in [5.74, 6) is -11.7. The zero-order chi connectivity index (χ0) is 13.7. The van der Waals surface area contributed by atoms with E-state index in [1.165, 1.54) is 0 Å². The van der Waals surface area contributed by atoms with Crippen LogP contribution in [-0.4, -0.2) is 35.8 Å². The lowest BCUT2D eigenvalue weighted by molar-refractivity contribution is -0.369. The molecule has 0 radical (unpaired) electrons. The van der Waals surface area contributed by atoms with Crippen LogP contribution in [-0.2, 0) is 0 Å². The summed E-state index contributed by atoms with van der Waals surface area (Å²) in [6.07, 6.45) is -6.39. The highest BCUT2D eigenvalue weighted by Crippen LogP contribution is 2.52. The zero-order valence-electron chi connectivity index (χ0n) is 8.49. The summed E-state index contributed by atoms with van der Waals surface area (Å²) in [6.45, 7) is 0.389. The van der Waals surface area contributed by atoms with Crippen molar-refractivity contribution in [2.45, 2.75) is 30.6 Å². The number of nitrogens with zero attached hydrogens (tertiary/aromatic N) is 3. The fraction of sp³-hybridized carbons (Fsp3) is 1.00. The van der Waals surface area contributed by atoms with Gasteiger partial charge >= 0.3 is 18.0 Å². The van der Waals surface area contributed by atoms with Gasteiger partial charge in [-0.3, -0.25) is 0 Å². The van der Waals surface area contributed by atoms with Crippen LogP contribution in [0.3, 0.4) is 0 Å². The summed E-state index contributed by atoms with van der Waals surface area (Å²) in [5.41, 5.74) is -1.55. The molecule has 0 fully saturated rings. The SMILES string of the molecule is CN1N=NC(C)(C(F)(F)C(F)(F)C(F)(F)F)N1. The second-order valence-corrected chi connectivity index (χ2v) is 3.54. The fourth-order valence-corrected chi connectivity index (χ4v) is 1.13. The lowest BCUT2D eigenvalue weighted by atomic mass is 9.98. The maximum absolute atomic E-state index is 13.2. The third-order valence-corrected chi connectivity index (χ3v) is 2.12. The van der Waals surface area contributed by atoms with Gasteiger partial charge in [-0.05, 0) is 6.92 Å². The van der Waals surface area contributed by atoms with Gasteiger partial charge in [0.25, 0.3) is 0 Å². The lowest BCUT2D eigenvalue weighted by Gasteiger charge is -2.36. The Morgan fingerprint density at radius 1 is 1.06 bits per heavy atom. The molecule has 0 aromatic rings. The molecule has 0 amide bonds. The average molecular weight is 268 g/mol. The molecule has 1 unspecified atom stereocenters. The van der Waals surface area contributed by atoms with Crippen molar-refractivity contribution < 1.29 is 30.7 Å². The average Bonchev–Trinajstić information content (AvgIpc) is 2.45. The molecule has 0 bridgehead atoms. The topological polar surface area (TPSA) is 40.0 Å². The molecule has 0 aromatic carbocycles. The molecule has 1 aliphatic heterocycles. The molecule has 100 valence electrons. The van der Waals surface area contributed by atoms with Crippen LogP contribution in [0.1, 0.15) is 6.92 Å². The van der Waals surface area contributed by atoms with Crippen molar-refractivity contribution in [1.29, 1.82) is 0 Å². The highest BCUT2D eigenvalue weighted by molar-refractivity contribution is 5.05. The molecule has 0 spiro atoms. The van der Waals surface area contributed by atoms with Crippen molar-refractivity contribution in [3.63, 3.8) is 0 Å². The molecule has 1 rings (SSSR count). The summed E-state index contributed by atoms with van der Waals surface area (Å²) >= 11 is 0. The first kappa shape index (κ1) is 13.9. The van der Waals surface area contributed by atoms with Gasteiger partial charge in [-0.2, -0.15) is 36.2 Å². The summed E-state index contributed by atoms with van der Waals surface area (Å²) in [5, 5.41) is 6.14. The van der Waals surface area contributed by atoms with Gasteiger partial charge in [0, 0.05) is 7.05 Å². The molecule has 0 aliphatic carbocycles. The Labute approximate surface area is 90.4 Å². The van der Waals surface area contributed by atoms with Crippen LogP contribution in [0, 0.1) is 0 Å². The maximum Gasteiger partial charge on any atom is 0.460 e. The zero-order valence-corrected chi connectivity index (χ0v) is 8.49. The van der Waals surface area contributed by atoms with E-state index in [2.05, 4.69) is 10.3 Å². The van der Waals surface area contributed by atoms with E-state index in [-0.39, 0.29) is 0 Å². The van der Waals surface area contributed by atoms with Gasteiger partial charge in [-0.1, -0.05) is 5.22 Å². The standard InChI is InChI=1S/C6H7F7N4/c1-3(14-16-17(2)15-3)4(7,8)5(9,10)6(11,12)13/h15H,1-2H3. The van der Waals surface area contributed by atoms with Gasteiger partial charge in [-0.15, -0.1) is 5.11 Å². The molecule has 1 aliphatic rings. The largest absolute Gasteiger partial charge is 0.460 e. The number of hydrogen-bond acceptors (Lipinski definition) is 4. The van der Waals surface area contributed by atoms with Gasteiger partial charge in [0.1, 0.15) is 0 Å². The van der Waals surface area contributed by atoms with Crippen LogP contribution in [0.5, 0.6) is 0 Å². The van der Waals surface area contributed by atoms with Gasteiger partial charge < -0.3 is 0 Å². The maximum atomic E-state index is 13.2. The third kappa shape index (κ3) is 1.81. The van der Waals surface area contributed by atoms with Crippen molar-refractivity contribution in [3.8, 4) is 0 Å². The van der Waals surface area contributed by atoms with Crippen molar-refractivity contribution in [1.82, 2.24) is 10.5 Å². The molecular formula is C6H7F7N4. The molecule has 0 saturated carbocycles. The predicted molar refractivity (Wildman–Crippen MR) is 40.1 cm³/mol. The Morgan fingerprint density at radius 2 is 1.53 bits per heavy atom. The molecule has 4 nitrogen and oxygen atoms in total. The number of alkyl halides is 7. The summed E-state index contributed by atoms with van der Waals surface area (Å²) in [7, 11) is 1.02. The van der Waals surface area contributed by atoms with E-state index in [1.54, 1.807) is 5.43 Å². The van der Waals surface area contributed by atoms with Crippen LogP contribution >= 0.6 is 0 Å². The van der Waals surface area contributed by atoms with Crippen molar-refractivity contribution in [3.05, 3.63) is 0 Å². The lowest BCUT2D eigenvalue weighted by Crippen LogP contribution is -2.67. The van der Waals surface area contributed by atoms with Crippen molar-refractivity contribution in [2.75, 3.05) is 7.05 Å². The third-order valence-electron chi connectivity index (χ3n) is 2.12. The number of halogens is 7. The molecule has 1 N–H and O–H groups in total. The van der Waals surface area contributed by atoms with Gasteiger partial charge in [0.2, 0.25) is 5.66 Å². The Kier molecular flexibility index (Phi) is 2.81. The van der Waals surface area contributed by atoms with Gasteiger partial charge in [-0.25, -0.2) is 5.12 Å². The van der Waals surface area contributed by atoms with E-state index < -0.39 is 23.7 Å². The van der Waals surface area contributed by atoms with Gasteiger partial charge in [0.15, 0.2) is 0 Å². The highest BCUT2D eigenvalue weighted by atomic mass is 19.4. The molecule has 0 saturated heterocycles. The van der Waals surface area contributed by atoms with E-state index in [1.807, 2.05) is 0 Å². The normalized spacial score (nSPS) is 26.8. The summed E-state index contributed by atoms with van der Waals surface area (Å²) in [4.78, 5) is 0. The molecule has 0 aromatic heterocycles. The van der Waals surface area contributed by atoms with E-state index in [4.69, 9.17) is 0 Å². The summed E-state index contributed by atoms with van der Waals surface area (Å²) in [6, 6.07) is 0. The molecule has 11 heteroatoms. The second kappa shape index (κ2) is 3.43. The van der Waals surface area contributed by atoms with E-state index >= 15 is 0 Å². The molecule has 1 heterocycles. The fourth-order valence-electron chi connectivity index (χ4n) is 1.13. The van der Waals surface area contributed by atoms with E-state index in [9.17, 15) is 30.7 Å². The molecule has 17 heavy (non-hydrogen) atoms. The quantitative estimate of drug-likeness (QED) is 0.781. The second-order valence-electron chi connectivity index (χ2n) is 3.54. The highest BCUT2D eigenvalue weighted by Gasteiger charge is 2.80. The first-order chi connectivity index (χ1) is 7.35. The van der Waals surface area contributed by atoms with E-state index in [0.717, 1.165) is 7.05 Å². The van der Waals surface area contributed by atoms with Crippen LogP contribution in [0.2, 0.25) is 0 Å². The van der Waals surface area contributed by atoms with Crippen LogP contribution in [0.25, 0.3) is 0 Å². The summed E-state index contributed by atoms with van der Waals surface area (Å²) < 4.78 is 87.6. The smallest absolute Gasteiger partial charge is 0.212 e. The number of hydrogen-bond donors (Lipinski definition) is 1. The number of hydrazine groups is 1. The Morgan fingerprint density at radius 3 is 1.82 bits per heavy atom. The van der Waals surface area contributed by atoms with Crippen molar-refractivity contribution >= 4 is 0 Å². The Hall–Kier alpha value is -1.13. The minimum atomic E-state index is -6.39. The predicted octanol–water partition coefficient (Wildman–Crippen LogP) is 2.35. The first-order valence-electron chi connectivity index (χ1n) is 4.12. The Bertz CT molecular complexity index is 338. The molecule has 1 atom stereocenters. The number of nitrogens with one attached hydrogen (secondary N) is 1. The van der Waals surface area contributed by atoms with Gasteiger partial charge in [0.05, 0.1) is 0 Å².